The minimum atomic E-state index is -0.504. The SMILES string of the molecule is CCOCc1cccc(C=Cc2nc3ccc(F)cc3c(=O)n2-c2ccccc2Cl)n1. The summed E-state index contributed by atoms with van der Waals surface area (Å²) in [6, 6.07) is 16.5. The molecule has 0 spiro atoms. The van der Waals surface area contributed by atoms with Gasteiger partial charge in [0, 0.05) is 6.61 Å². The predicted molar refractivity (Wildman–Crippen MR) is 121 cm³/mol. The number of aromatic nitrogens is 3. The van der Waals surface area contributed by atoms with Gasteiger partial charge in [0.25, 0.3) is 5.56 Å². The lowest BCUT2D eigenvalue weighted by atomic mass is 10.2. The van der Waals surface area contributed by atoms with E-state index in [0.717, 1.165) is 5.69 Å². The molecule has 0 aliphatic carbocycles. The van der Waals surface area contributed by atoms with Crippen molar-refractivity contribution in [3.63, 3.8) is 0 Å². The van der Waals surface area contributed by atoms with Gasteiger partial charge in [0.05, 0.1) is 39.6 Å². The molecule has 2 heterocycles. The summed E-state index contributed by atoms with van der Waals surface area (Å²) in [5.74, 6) is -0.148. The molecule has 0 saturated carbocycles. The monoisotopic (exact) mass is 435 g/mol. The molecule has 4 rings (SSSR count). The van der Waals surface area contributed by atoms with Crippen molar-refractivity contribution >= 4 is 34.7 Å². The van der Waals surface area contributed by atoms with Crippen LogP contribution in [-0.4, -0.2) is 21.1 Å². The van der Waals surface area contributed by atoms with Crippen LogP contribution in [0.4, 0.5) is 4.39 Å². The summed E-state index contributed by atoms with van der Waals surface area (Å²) in [5.41, 5.74) is 1.94. The zero-order chi connectivity index (χ0) is 21.8. The lowest BCUT2D eigenvalue weighted by molar-refractivity contribution is 0.131. The highest BCUT2D eigenvalue weighted by atomic mass is 35.5. The first-order valence-corrected chi connectivity index (χ1v) is 10.1. The summed E-state index contributed by atoms with van der Waals surface area (Å²) < 4.78 is 20.6. The molecule has 156 valence electrons. The fraction of sp³-hybridized carbons (Fsp3) is 0.125. The maximum Gasteiger partial charge on any atom is 0.266 e. The highest BCUT2D eigenvalue weighted by Gasteiger charge is 2.14. The van der Waals surface area contributed by atoms with Gasteiger partial charge in [-0.3, -0.25) is 14.3 Å². The van der Waals surface area contributed by atoms with Crippen molar-refractivity contribution in [1.29, 1.82) is 0 Å². The van der Waals surface area contributed by atoms with E-state index in [-0.39, 0.29) is 5.39 Å². The van der Waals surface area contributed by atoms with Crippen molar-refractivity contribution in [2.75, 3.05) is 6.61 Å². The van der Waals surface area contributed by atoms with Gasteiger partial charge in [0.1, 0.15) is 11.6 Å². The molecular formula is C24H19ClFN3O2. The number of ether oxygens (including phenoxy) is 1. The molecule has 0 unspecified atom stereocenters. The van der Waals surface area contributed by atoms with Crippen molar-refractivity contribution in [1.82, 2.24) is 14.5 Å². The molecule has 0 N–H and O–H groups in total. The third-order valence-corrected chi connectivity index (χ3v) is 4.95. The number of pyridine rings is 1. The van der Waals surface area contributed by atoms with Crippen LogP contribution in [0.1, 0.15) is 24.1 Å². The summed E-state index contributed by atoms with van der Waals surface area (Å²) >= 11 is 6.36. The Bertz CT molecular complexity index is 1330. The summed E-state index contributed by atoms with van der Waals surface area (Å²) in [6.07, 6.45) is 3.46. The first-order valence-electron chi connectivity index (χ1n) is 9.76. The van der Waals surface area contributed by atoms with Gasteiger partial charge in [-0.15, -0.1) is 0 Å². The van der Waals surface area contributed by atoms with Gasteiger partial charge in [-0.2, -0.15) is 0 Å². The number of hydrogen-bond donors (Lipinski definition) is 0. The van der Waals surface area contributed by atoms with Crippen LogP contribution >= 0.6 is 11.6 Å². The molecule has 0 aliphatic heterocycles. The van der Waals surface area contributed by atoms with Gasteiger partial charge in [-0.25, -0.2) is 9.37 Å². The maximum atomic E-state index is 13.8. The average molecular weight is 436 g/mol. The summed E-state index contributed by atoms with van der Waals surface area (Å²) in [7, 11) is 0. The van der Waals surface area contributed by atoms with Crippen molar-refractivity contribution in [2.45, 2.75) is 13.5 Å². The fourth-order valence-corrected chi connectivity index (χ4v) is 3.41. The molecule has 0 atom stereocenters. The highest BCUT2D eigenvalue weighted by molar-refractivity contribution is 6.32. The van der Waals surface area contributed by atoms with E-state index < -0.39 is 11.4 Å². The van der Waals surface area contributed by atoms with Crippen LogP contribution in [0.25, 0.3) is 28.7 Å². The summed E-state index contributed by atoms with van der Waals surface area (Å²) in [6.45, 7) is 2.95. The quantitative estimate of drug-likeness (QED) is 0.413. The number of para-hydroxylation sites is 1. The van der Waals surface area contributed by atoms with Crippen LogP contribution in [0.2, 0.25) is 5.02 Å². The Kier molecular flexibility index (Phi) is 6.21. The molecule has 2 aromatic heterocycles. The minimum absolute atomic E-state index is 0.175. The molecular weight excluding hydrogens is 417 g/mol. The smallest absolute Gasteiger partial charge is 0.266 e. The Hall–Kier alpha value is -3.35. The second-order valence-corrected chi connectivity index (χ2v) is 7.15. The molecule has 0 radical (unpaired) electrons. The predicted octanol–water partition coefficient (Wildman–Crippen LogP) is 5.28. The topological polar surface area (TPSA) is 57.0 Å². The molecule has 0 amide bonds. The van der Waals surface area contributed by atoms with E-state index in [2.05, 4.69) is 9.97 Å². The van der Waals surface area contributed by atoms with Gasteiger partial charge in [-0.05, 0) is 61.5 Å². The van der Waals surface area contributed by atoms with Gasteiger partial charge < -0.3 is 4.74 Å². The van der Waals surface area contributed by atoms with E-state index in [1.54, 1.807) is 36.4 Å². The average Bonchev–Trinajstić information content (AvgIpc) is 2.78. The van der Waals surface area contributed by atoms with Crippen molar-refractivity contribution in [3.05, 3.63) is 99.1 Å². The second-order valence-electron chi connectivity index (χ2n) is 6.75. The first-order chi connectivity index (χ1) is 15.1. The van der Waals surface area contributed by atoms with Crippen molar-refractivity contribution in [3.8, 4) is 5.69 Å². The van der Waals surface area contributed by atoms with Gasteiger partial charge in [-0.1, -0.05) is 29.8 Å². The molecule has 0 fully saturated rings. The Labute approximate surface area is 183 Å². The van der Waals surface area contributed by atoms with Crippen LogP contribution in [-0.2, 0) is 11.3 Å². The molecule has 0 aliphatic rings. The summed E-state index contributed by atoms with van der Waals surface area (Å²) in [4.78, 5) is 22.4. The Morgan fingerprint density at radius 1 is 1.06 bits per heavy atom. The highest BCUT2D eigenvalue weighted by Crippen LogP contribution is 2.22. The molecule has 0 saturated heterocycles. The van der Waals surface area contributed by atoms with Crippen LogP contribution < -0.4 is 5.56 Å². The standard InChI is InChI=1S/C24H19ClFN3O2/c1-2-31-15-18-7-5-6-17(27-18)11-13-23-28-21-12-10-16(26)14-19(21)24(30)29(23)22-9-4-3-8-20(22)25/h3-14H,2,15H2,1H3. The Balaban J connectivity index is 1.86. The normalized spacial score (nSPS) is 11.5. The number of nitrogens with zero attached hydrogens (tertiary/aromatic N) is 3. The molecule has 4 aromatic rings. The molecule has 2 aromatic carbocycles. The molecule has 0 bridgehead atoms. The number of rotatable bonds is 6. The minimum Gasteiger partial charge on any atom is -0.375 e. The van der Waals surface area contributed by atoms with Crippen molar-refractivity contribution in [2.24, 2.45) is 0 Å². The second kappa shape index (κ2) is 9.20. The van der Waals surface area contributed by atoms with Crippen molar-refractivity contribution < 1.29 is 9.13 Å². The molecule has 5 nitrogen and oxygen atoms in total. The number of halogens is 2. The van der Waals surface area contributed by atoms with Crippen LogP contribution in [0.15, 0.2) is 65.5 Å². The van der Waals surface area contributed by atoms with Gasteiger partial charge >= 0.3 is 0 Å². The zero-order valence-electron chi connectivity index (χ0n) is 16.8. The van der Waals surface area contributed by atoms with Gasteiger partial charge in [0.2, 0.25) is 0 Å². The van der Waals surface area contributed by atoms with Crippen LogP contribution in [0.5, 0.6) is 0 Å². The third-order valence-electron chi connectivity index (χ3n) is 4.64. The molecule has 31 heavy (non-hydrogen) atoms. The van der Waals surface area contributed by atoms with Gasteiger partial charge in [0.15, 0.2) is 0 Å². The maximum absolute atomic E-state index is 13.8. The summed E-state index contributed by atoms with van der Waals surface area (Å²) in [5, 5.41) is 0.558. The zero-order valence-corrected chi connectivity index (χ0v) is 17.5. The molecule has 7 heteroatoms. The van der Waals surface area contributed by atoms with Crippen LogP contribution in [0, 0.1) is 5.82 Å². The van der Waals surface area contributed by atoms with E-state index in [1.807, 2.05) is 25.1 Å². The van der Waals surface area contributed by atoms with E-state index in [9.17, 15) is 9.18 Å². The lowest BCUT2D eigenvalue weighted by Gasteiger charge is -2.13. The lowest BCUT2D eigenvalue weighted by Crippen LogP contribution is -2.22. The van der Waals surface area contributed by atoms with E-state index in [4.69, 9.17) is 16.3 Å². The largest absolute Gasteiger partial charge is 0.375 e. The van der Waals surface area contributed by atoms with E-state index in [1.165, 1.54) is 22.8 Å². The first kappa shape index (κ1) is 20.9. The fourth-order valence-electron chi connectivity index (χ4n) is 3.19. The third kappa shape index (κ3) is 4.55. The van der Waals surface area contributed by atoms with Crippen LogP contribution in [0.3, 0.4) is 0 Å². The Morgan fingerprint density at radius 3 is 2.71 bits per heavy atom. The number of benzene rings is 2. The number of fused-ring (bicyclic) bond motifs is 1. The Morgan fingerprint density at radius 2 is 1.90 bits per heavy atom. The number of hydrogen-bond acceptors (Lipinski definition) is 4. The van der Waals surface area contributed by atoms with E-state index >= 15 is 0 Å². The van der Waals surface area contributed by atoms with E-state index in [0.29, 0.717) is 41.0 Å².